The molecule has 1 saturated heterocycles. The van der Waals surface area contributed by atoms with Crippen LogP contribution in [0.4, 0.5) is 0 Å². The molecule has 0 aromatic heterocycles. The monoisotopic (exact) mass is 214 g/mol. The van der Waals surface area contributed by atoms with E-state index in [1.54, 1.807) is 4.90 Å². The lowest BCUT2D eigenvalue weighted by Gasteiger charge is -2.43. The van der Waals surface area contributed by atoms with Gasteiger partial charge < -0.3 is 10.0 Å². The van der Waals surface area contributed by atoms with Crippen LogP contribution in [0.1, 0.15) is 20.3 Å². The Morgan fingerprint density at radius 3 is 2.47 bits per heavy atom. The molecule has 0 aliphatic carbocycles. The minimum absolute atomic E-state index is 0.0188. The zero-order valence-electron chi connectivity index (χ0n) is 9.43. The van der Waals surface area contributed by atoms with Crippen LogP contribution in [0, 0.1) is 0 Å². The van der Waals surface area contributed by atoms with Crippen molar-refractivity contribution in [1.82, 2.24) is 9.80 Å². The maximum absolute atomic E-state index is 11.2. The van der Waals surface area contributed by atoms with Crippen molar-refractivity contribution >= 4 is 11.9 Å². The molecule has 0 spiro atoms. The van der Waals surface area contributed by atoms with E-state index in [0.717, 1.165) is 0 Å². The number of nitrogens with zero attached hydrogens (tertiary/aromatic N) is 2. The molecule has 86 valence electrons. The zero-order chi connectivity index (χ0) is 11.6. The average Bonchev–Trinajstić information content (AvgIpc) is 2.11. The average molecular weight is 214 g/mol. The van der Waals surface area contributed by atoms with Gasteiger partial charge in [-0.15, -0.1) is 0 Å². The quantitative estimate of drug-likeness (QED) is 0.703. The number of aliphatic carboxylic acids is 1. The van der Waals surface area contributed by atoms with Crippen molar-refractivity contribution in [3.8, 4) is 0 Å². The Morgan fingerprint density at radius 1 is 1.40 bits per heavy atom. The Balaban J connectivity index is 2.68. The highest BCUT2D eigenvalue weighted by Gasteiger charge is 2.31. The van der Waals surface area contributed by atoms with Crippen LogP contribution in [0.15, 0.2) is 0 Å². The van der Waals surface area contributed by atoms with Gasteiger partial charge in [0.25, 0.3) is 0 Å². The Morgan fingerprint density at radius 2 is 2.00 bits per heavy atom. The second kappa shape index (κ2) is 4.61. The van der Waals surface area contributed by atoms with E-state index >= 15 is 0 Å². The van der Waals surface area contributed by atoms with Gasteiger partial charge in [0.2, 0.25) is 5.91 Å². The molecule has 5 heteroatoms. The number of carbonyl (C=O) groups excluding carboxylic acids is 1. The van der Waals surface area contributed by atoms with E-state index in [0.29, 0.717) is 13.1 Å². The van der Waals surface area contributed by atoms with Crippen LogP contribution in [-0.2, 0) is 9.59 Å². The first-order valence-corrected chi connectivity index (χ1v) is 5.11. The van der Waals surface area contributed by atoms with Crippen molar-refractivity contribution < 1.29 is 14.7 Å². The summed E-state index contributed by atoms with van der Waals surface area (Å²) in [5.74, 6) is -0.796. The summed E-state index contributed by atoms with van der Waals surface area (Å²) in [6.45, 7) is 4.73. The number of amides is 1. The summed E-state index contributed by atoms with van der Waals surface area (Å²) in [6.07, 6.45) is 0.0879. The fourth-order valence-corrected chi connectivity index (χ4v) is 1.93. The second-order valence-corrected chi connectivity index (χ2v) is 4.19. The molecule has 1 N–H and O–H groups in total. The normalized spacial score (nSPS) is 27.8. The van der Waals surface area contributed by atoms with Gasteiger partial charge in [0.15, 0.2) is 0 Å². The SMILES string of the molecule is CC(=O)N1C[C@@H](CC(=O)O)N(C)[C@@H](C)C1. The highest BCUT2D eigenvalue weighted by molar-refractivity contribution is 5.73. The molecule has 2 atom stereocenters. The molecule has 1 heterocycles. The lowest BCUT2D eigenvalue weighted by atomic mass is 10.1. The molecule has 0 bridgehead atoms. The fourth-order valence-electron chi connectivity index (χ4n) is 1.93. The smallest absolute Gasteiger partial charge is 0.305 e. The Bertz CT molecular complexity index is 267. The maximum Gasteiger partial charge on any atom is 0.305 e. The summed E-state index contributed by atoms with van der Waals surface area (Å²) < 4.78 is 0. The van der Waals surface area contributed by atoms with Crippen LogP contribution in [-0.4, -0.2) is 59.0 Å². The van der Waals surface area contributed by atoms with E-state index in [1.165, 1.54) is 6.92 Å². The summed E-state index contributed by atoms with van der Waals surface area (Å²) >= 11 is 0. The van der Waals surface area contributed by atoms with Gasteiger partial charge in [-0.05, 0) is 14.0 Å². The molecule has 0 unspecified atom stereocenters. The zero-order valence-corrected chi connectivity index (χ0v) is 9.43. The molecule has 1 amide bonds. The highest BCUT2D eigenvalue weighted by atomic mass is 16.4. The molecule has 15 heavy (non-hydrogen) atoms. The van der Waals surface area contributed by atoms with Gasteiger partial charge in [-0.2, -0.15) is 0 Å². The first-order valence-electron chi connectivity index (χ1n) is 5.11. The van der Waals surface area contributed by atoms with Crippen molar-refractivity contribution in [2.75, 3.05) is 20.1 Å². The fraction of sp³-hybridized carbons (Fsp3) is 0.800. The van der Waals surface area contributed by atoms with Gasteiger partial charge in [-0.1, -0.05) is 0 Å². The molecule has 5 nitrogen and oxygen atoms in total. The van der Waals surface area contributed by atoms with E-state index in [9.17, 15) is 9.59 Å². The van der Waals surface area contributed by atoms with Crippen molar-refractivity contribution in [3.05, 3.63) is 0 Å². The van der Waals surface area contributed by atoms with Crippen molar-refractivity contribution in [2.45, 2.75) is 32.4 Å². The molecular formula is C10H18N2O3. The number of carboxylic acids is 1. The predicted molar refractivity (Wildman–Crippen MR) is 55.5 cm³/mol. The Kier molecular flexibility index (Phi) is 3.68. The van der Waals surface area contributed by atoms with E-state index in [2.05, 4.69) is 0 Å². The number of hydrogen-bond donors (Lipinski definition) is 1. The molecule has 1 aliphatic rings. The number of hydrogen-bond acceptors (Lipinski definition) is 3. The van der Waals surface area contributed by atoms with Crippen LogP contribution in [0.25, 0.3) is 0 Å². The highest BCUT2D eigenvalue weighted by Crippen LogP contribution is 2.16. The number of rotatable bonds is 2. The molecule has 0 saturated carbocycles. The minimum atomic E-state index is -0.815. The predicted octanol–water partition coefficient (Wildman–Crippen LogP) is 0.0121. The largest absolute Gasteiger partial charge is 0.481 e. The van der Waals surface area contributed by atoms with E-state index < -0.39 is 5.97 Å². The van der Waals surface area contributed by atoms with Gasteiger partial charge in [0, 0.05) is 32.1 Å². The van der Waals surface area contributed by atoms with Crippen LogP contribution < -0.4 is 0 Å². The summed E-state index contributed by atoms with van der Waals surface area (Å²) in [4.78, 5) is 25.7. The van der Waals surface area contributed by atoms with E-state index in [4.69, 9.17) is 5.11 Å². The molecule has 1 rings (SSSR count). The summed E-state index contributed by atoms with van der Waals surface area (Å²) in [6, 6.07) is 0.141. The lowest BCUT2D eigenvalue weighted by Crippen LogP contribution is -2.57. The first-order chi connectivity index (χ1) is 6.91. The lowest BCUT2D eigenvalue weighted by molar-refractivity contribution is -0.142. The maximum atomic E-state index is 11.2. The third-order valence-corrected chi connectivity index (χ3v) is 3.04. The van der Waals surface area contributed by atoms with Crippen LogP contribution in [0.3, 0.4) is 0 Å². The third kappa shape index (κ3) is 2.92. The Labute approximate surface area is 89.7 Å². The molecular weight excluding hydrogens is 196 g/mol. The molecule has 1 aliphatic heterocycles. The standard InChI is InChI=1S/C10H18N2O3/c1-7-5-12(8(2)13)6-9(11(7)3)4-10(14)15/h7,9H,4-6H2,1-3H3,(H,14,15)/t7-,9+/m0/s1. The van der Waals surface area contributed by atoms with Gasteiger partial charge in [-0.3, -0.25) is 14.5 Å². The van der Waals surface area contributed by atoms with Crippen molar-refractivity contribution in [2.24, 2.45) is 0 Å². The number of carboxylic acid groups (broad SMARTS) is 1. The molecule has 0 aromatic carbocycles. The minimum Gasteiger partial charge on any atom is -0.481 e. The van der Waals surface area contributed by atoms with Gasteiger partial charge in [0.1, 0.15) is 0 Å². The number of likely N-dealkylation sites (N-methyl/N-ethyl adjacent to an activating group) is 1. The topological polar surface area (TPSA) is 60.9 Å². The van der Waals surface area contributed by atoms with Crippen LogP contribution in [0.2, 0.25) is 0 Å². The summed E-state index contributed by atoms with van der Waals surface area (Å²) in [7, 11) is 1.91. The van der Waals surface area contributed by atoms with Crippen LogP contribution >= 0.6 is 0 Å². The van der Waals surface area contributed by atoms with Crippen LogP contribution in [0.5, 0.6) is 0 Å². The van der Waals surface area contributed by atoms with E-state index in [1.807, 2.05) is 18.9 Å². The van der Waals surface area contributed by atoms with E-state index in [-0.39, 0.29) is 24.4 Å². The summed E-state index contributed by atoms with van der Waals surface area (Å²) in [5, 5.41) is 8.76. The second-order valence-electron chi connectivity index (χ2n) is 4.19. The number of piperazine rings is 1. The van der Waals surface area contributed by atoms with Crippen molar-refractivity contribution in [3.63, 3.8) is 0 Å². The van der Waals surface area contributed by atoms with Gasteiger partial charge >= 0.3 is 5.97 Å². The first kappa shape index (κ1) is 12.0. The van der Waals surface area contributed by atoms with Gasteiger partial charge in [-0.25, -0.2) is 0 Å². The molecule has 1 fully saturated rings. The molecule has 0 radical (unpaired) electrons. The number of carbonyl (C=O) groups is 2. The van der Waals surface area contributed by atoms with Crippen molar-refractivity contribution in [1.29, 1.82) is 0 Å². The third-order valence-electron chi connectivity index (χ3n) is 3.04. The van der Waals surface area contributed by atoms with Gasteiger partial charge in [0.05, 0.1) is 6.42 Å². The molecule has 0 aromatic rings. The Hall–Kier alpha value is -1.10. The summed E-state index contributed by atoms with van der Waals surface area (Å²) in [5.41, 5.74) is 0.